The Hall–Kier alpha value is -1.35. The predicted molar refractivity (Wildman–Crippen MR) is 73.0 cm³/mol. The molecule has 1 unspecified atom stereocenters. The molecule has 1 atom stereocenters. The van der Waals surface area contributed by atoms with Crippen molar-refractivity contribution in [1.29, 1.82) is 0 Å². The lowest BCUT2D eigenvalue weighted by Gasteiger charge is -2.25. The van der Waals surface area contributed by atoms with Gasteiger partial charge in [-0.25, -0.2) is 0 Å². The fourth-order valence-electron chi connectivity index (χ4n) is 2.80. The molecule has 1 aromatic rings. The SMILES string of the molecule is NCCC(=O)NC(c1ccccc1)C1CCCC1. The average molecular weight is 246 g/mol. The van der Waals surface area contributed by atoms with Gasteiger partial charge in [0.05, 0.1) is 6.04 Å². The van der Waals surface area contributed by atoms with E-state index < -0.39 is 0 Å². The summed E-state index contributed by atoms with van der Waals surface area (Å²) in [5.41, 5.74) is 6.65. The zero-order chi connectivity index (χ0) is 12.8. The quantitative estimate of drug-likeness (QED) is 0.838. The highest BCUT2D eigenvalue weighted by Gasteiger charge is 2.27. The summed E-state index contributed by atoms with van der Waals surface area (Å²) in [4.78, 5) is 11.8. The van der Waals surface area contributed by atoms with Gasteiger partial charge in [0.1, 0.15) is 0 Å². The summed E-state index contributed by atoms with van der Waals surface area (Å²) in [7, 11) is 0. The average Bonchev–Trinajstić information content (AvgIpc) is 2.91. The fraction of sp³-hybridized carbons (Fsp3) is 0.533. The molecule has 1 aliphatic rings. The van der Waals surface area contributed by atoms with Crippen LogP contribution in [0.25, 0.3) is 0 Å². The molecule has 0 heterocycles. The van der Waals surface area contributed by atoms with E-state index in [0.717, 1.165) is 0 Å². The summed E-state index contributed by atoms with van der Waals surface area (Å²) in [5, 5.41) is 3.16. The van der Waals surface area contributed by atoms with Crippen molar-refractivity contribution in [3.05, 3.63) is 35.9 Å². The van der Waals surface area contributed by atoms with Crippen LogP contribution >= 0.6 is 0 Å². The van der Waals surface area contributed by atoms with E-state index in [2.05, 4.69) is 17.4 Å². The summed E-state index contributed by atoms with van der Waals surface area (Å²) in [5.74, 6) is 0.646. The minimum atomic E-state index is 0.0678. The van der Waals surface area contributed by atoms with Crippen LogP contribution in [0, 0.1) is 5.92 Å². The molecule has 0 spiro atoms. The van der Waals surface area contributed by atoms with Gasteiger partial charge < -0.3 is 11.1 Å². The van der Waals surface area contributed by atoms with E-state index in [4.69, 9.17) is 5.73 Å². The maximum absolute atomic E-state index is 11.8. The van der Waals surface area contributed by atoms with Gasteiger partial charge >= 0.3 is 0 Å². The zero-order valence-electron chi connectivity index (χ0n) is 10.8. The third-order valence-electron chi connectivity index (χ3n) is 3.72. The summed E-state index contributed by atoms with van der Waals surface area (Å²) in [6.45, 7) is 0.415. The van der Waals surface area contributed by atoms with Gasteiger partial charge in [-0.3, -0.25) is 4.79 Å². The number of hydrogen-bond acceptors (Lipinski definition) is 2. The molecule has 1 fully saturated rings. The molecule has 0 radical (unpaired) electrons. The molecule has 3 N–H and O–H groups in total. The molecule has 1 amide bonds. The lowest BCUT2D eigenvalue weighted by molar-refractivity contribution is -0.122. The van der Waals surface area contributed by atoms with Crippen LogP contribution < -0.4 is 11.1 Å². The van der Waals surface area contributed by atoms with Gasteiger partial charge in [-0.15, -0.1) is 0 Å². The normalized spacial score (nSPS) is 17.6. The van der Waals surface area contributed by atoms with Crippen molar-refractivity contribution in [2.75, 3.05) is 6.54 Å². The Morgan fingerprint density at radius 2 is 1.94 bits per heavy atom. The molecule has 1 saturated carbocycles. The van der Waals surface area contributed by atoms with E-state index in [0.29, 0.717) is 18.9 Å². The van der Waals surface area contributed by atoms with Gasteiger partial charge in [-0.2, -0.15) is 0 Å². The second-order valence-electron chi connectivity index (χ2n) is 5.04. The topological polar surface area (TPSA) is 55.1 Å². The third-order valence-corrected chi connectivity index (χ3v) is 3.72. The van der Waals surface area contributed by atoms with Gasteiger partial charge in [0.25, 0.3) is 0 Å². The van der Waals surface area contributed by atoms with Crippen molar-refractivity contribution in [1.82, 2.24) is 5.32 Å². The largest absolute Gasteiger partial charge is 0.349 e. The lowest BCUT2D eigenvalue weighted by Crippen LogP contribution is -2.33. The standard InChI is InChI=1S/C15H22N2O/c16-11-10-14(18)17-15(13-8-4-5-9-13)12-6-2-1-3-7-12/h1-3,6-7,13,15H,4-5,8-11,16H2,(H,17,18). The second kappa shape index (κ2) is 6.55. The number of rotatable bonds is 5. The summed E-state index contributed by atoms with van der Waals surface area (Å²) >= 11 is 0. The van der Waals surface area contributed by atoms with Crippen molar-refractivity contribution in [2.24, 2.45) is 11.7 Å². The number of carbonyl (C=O) groups is 1. The fourth-order valence-corrected chi connectivity index (χ4v) is 2.80. The summed E-state index contributed by atoms with van der Waals surface area (Å²) < 4.78 is 0. The molecule has 0 aromatic heterocycles. The minimum absolute atomic E-state index is 0.0678. The van der Waals surface area contributed by atoms with Crippen LogP contribution in [-0.2, 0) is 4.79 Å². The van der Waals surface area contributed by atoms with Gasteiger partial charge in [-0.1, -0.05) is 43.2 Å². The Morgan fingerprint density at radius 3 is 2.56 bits per heavy atom. The Bertz CT molecular complexity index is 371. The number of hydrogen-bond donors (Lipinski definition) is 2. The van der Waals surface area contributed by atoms with E-state index in [1.54, 1.807) is 0 Å². The van der Waals surface area contributed by atoms with Crippen molar-refractivity contribution >= 4 is 5.91 Å². The number of benzene rings is 1. The maximum Gasteiger partial charge on any atom is 0.221 e. The molecule has 2 rings (SSSR count). The van der Waals surface area contributed by atoms with Crippen molar-refractivity contribution in [2.45, 2.75) is 38.1 Å². The minimum Gasteiger partial charge on any atom is -0.349 e. The Labute approximate surface area is 109 Å². The first kappa shape index (κ1) is 13.1. The molecular weight excluding hydrogens is 224 g/mol. The van der Waals surface area contributed by atoms with Crippen LogP contribution in [0.2, 0.25) is 0 Å². The van der Waals surface area contributed by atoms with Crippen LogP contribution in [0.1, 0.15) is 43.7 Å². The molecule has 0 saturated heterocycles. The highest BCUT2D eigenvalue weighted by atomic mass is 16.1. The van der Waals surface area contributed by atoms with E-state index >= 15 is 0 Å². The predicted octanol–water partition coefficient (Wildman–Crippen LogP) is 2.38. The molecular formula is C15H22N2O. The van der Waals surface area contributed by atoms with Crippen LogP contribution in [0.15, 0.2) is 30.3 Å². The van der Waals surface area contributed by atoms with Gasteiger partial charge in [0.2, 0.25) is 5.91 Å². The van der Waals surface area contributed by atoms with Crippen molar-refractivity contribution < 1.29 is 4.79 Å². The third kappa shape index (κ3) is 3.33. The molecule has 0 bridgehead atoms. The molecule has 98 valence electrons. The van der Waals surface area contributed by atoms with Crippen LogP contribution in [0.3, 0.4) is 0 Å². The molecule has 0 aliphatic heterocycles. The maximum atomic E-state index is 11.8. The first-order valence-electron chi connectivity index (χ1n) is 6.85. The van der Waals surface area contributed by atoms with Gasteiger partial charge in [-0.05, 0) is 24.3 Å². The summed E-state index contributed by atoms with van der Waals surface area (Å²) in [6, 6.07) is 10.4. The van der Waals surface area contributed by atoms with Gasteiger partial charge in [0.15, 0.2) is 0 Å². The zero-order valence-corrected chi connectivity index (χ0v) is 10.8. The van der Waals surface area contributed by atoms with Crippen LogP contribution in [-0.4, -0.2) is 12.5 Å². The highest BCUT2D eigenvalue weighted by Crippen LogP contribution is 2.35. The van der Waals surface area contributed by atoms with Crippen LogP contribution in [0.5, 0.6) is 0 Å². The van der Waals surface area contributed by atoms with Crippen molar-refractivity contribution in [3.8, 4) is 0 Å². The number of nitrogens with one attached hydrogen (secondary N) is 1. The number of carbonyl (C=O) groups excluding carboxylic acids is 1. The first-order valence-corrected chi connectivity index (χ1v) is 6.85. The van der Waals surface area contributed by atoms with E-state index in [-0.39, 0.29) is 11.9 Å². The van der Waals surface area contributed by atoms with E-state index in [1.807, 2.05) is 18.2 Å². The van der Waals surface area contributed by atoms with E-state index in [1.165, 1.54) is 31.2 Å². The first-order chi connectivity index (χ1) is 8.81. The molecule has 18 heavy (non-hydrogen) atoms. The second-order valence-corrected chi connectivity index (χ2v) is 5.04. The molecule has 1 aromatic carbocycles. The molecule has 3 nitrogen and oxygen atoms in total. The summed E-state index contributed by atoms with van der Waals surface area (Å²) in [6.07, 6.45) is 5.39. The van der Waals surface area contributed by atoms with Gasteiger partial charge in [0, 0.05) is 13.0 Å². The smallest absolute Gasteiger partial charge is 0.221 e. The van der Waals surface area contributed by atoms with Crippen molar-refractivity contribution in [3.63, 3.8) is 0 Å². The Morgan fingerprint density at radius 1 is 1.28 bits per heavy atom. The Balaban J connectivity index is 2.10. The lowest BCUT2D eigenvalue weighted by atomic mass is 9.91. The number of amides is 1. The molecule has 1 aliphatic carbocycles. The van der Waals surface area contributed by atoms with Crippen LogP contribution in [0.4, 0.5) is 0 Å². The molecule has 3 heteroatoms. The Kier molecular flexibility index (Phi) is 4.76. The monoisotopic (exact) mass is 246 g/mol. The van der Waals surface area contributed by atoms with E-state index in [9.17, 15) is 4.79 Å². The highest BCUT2D eigenvalue weighted by molar-refractivity contribution is 5.76. The number of nitrogens with two attached hydrogens (primary N) is 1.